The first kappa shape index (κ1) is 13.1. The highest BCUT2D eigenvalue weighted by molar-refractivity contribution is 9.10. The quantitative estimate of drug-likeness (QED) is 0.820. The van der Waals surface area contributed by atoms with Gasteiger partial charge in [-0.15, -0.1) is 0 Å². The molecule has 0 unspecified atom stereocenters. The molecule has 92 valence electrons. The third kappa shape index (κ3) is 3.86. The van der Waals surface area contributed by atoms with Crippen LogP contribution in [0, 0.1) is 0 Å². The predicted molar refractivity (Wildman–Crippen MR) is 77.9 cm³/mol. The van der Waals surface area contributed by atoms with Crippen molar-refractivity contribution in [1.82, 2.24) is 4.98 Å². The van der Waals surface area contributed by atoms with Gasteiger partial charge in [0, 0.05) is 6.20 Å². The van der Waals surface area contributed by atoms with E-state index in [1.165, 1.54) is 0 Å². The van der Waals surface area contributed by atoms with Gasteiger partial charge < -0.3 is 4.74 Å². The summed E-state index contributed by atoms with van der Waals surface area (Å²) in [4.78, 5) is 4.09. The van der Waals surface area contributed by atoms with E-state index in [0.717, 1.165) is 10.0 Å². The van der Waals surface area contributed by atoms with E-state index >= 15 is 0 Å². The van der Waals surface area contributed by atoms with E-state index in [2.05, 4.69) is 20.9 Å². The Bertz CT molecular complexity index is 543. The molecular formula is C14H11BrClNO. The van der Waals surface area contributed by atoms with Crippen molar-refractivity contribution >= 4 is 33.6 Å². The second-order valence-electron chi connectivity index (χ2n) is 3.56. The van der Waals surface area contributed by atoms with E-state index in [-0.39, 0.29) is 0 Å². The van der Waals surface area contributed by atoms with E-state index in [1.54, 1.807) is 12.3 Å². The minimum absolute atomic E-state index is 0.460. The first-order valence-electron chi connectivity index (χ1n) is 5.41. The highest BCUT2D eigenvalue weighted by Gasteiger charge is 2.01. The SMILES string of the molecule is Clc1cnc(OC/C=C/c2ccccc2)c(Br)c1. The van der Waals surface area contributed by atoms with E-state index < -0.39 is 0 Å². The molecule has 1 aromatic heterocycles. The number of hydrogen-bond acceptors (Lipinski definition) is 2. The van der Waals surface area contributed by atoms with Gasteiger partial charge in [0.1, 0.15) is 6.61 Å². The second-order valence-corrected chi connectivity index (χ2v) is 4.86. The van der Waals surface area contributed by atoms with Gasteiger partial charge in [-0.05, 0) is 33.6 Å². The van der Waals surface area contributed by atoms with E-state index in [4.69, 9.17) is 16.3 Å². The van der Waals surface area contributed by atoms with E-state index in [0.29, 0.717) is 17.5 Å². The zero-order valence-electron chi connectivity index (χ0n) is 9.51. The molecule has 0 bridgehead atoms. The fraction of sp³-hybridized carbons (Fsp3) is 0.0714. The van der Waals surface area contributed by atoms with Gasteiger partial charge in [-0.3, -0.25) is 0 Å². The summed E-state index contributed by atoms with van der Waals surface area (Å²) >= 11 is 9.14. The molecule has 1 aromatic carbocycles. The molecule has 0 saturated carbocycles. The Labute approximate surface area is 119 Å². The number of aromatic nitrogens is 1. The minimum atomic E-state index is 0.460. The molecule has 0 aliphatic heterocycles. The van der Waals surface area contributed by atoms with E-state index in [9.17, 15) is 0 Å². The first-order valence-corrected chi connectivity index (χ1v) is 6.58. The van der Waals surface area contributed by atoms with Gasteiger partial charge >= 0.3 is 0 Å². The van der Waals surface area contributed by atoms with Gasteiger partial charge in [0.15, 0.2) is 0 Å². The van der Waals surface area contributed by atoms with Crippen LogP contribution in [-0.4, -0.2) is 11.6 Å². The number of pyridine rings is 1. The Morgan fingerprint density at radius 2 is 2.06 bits per heavy atom. The van der Waals surface area contributed by atoms with Crippen molar-refractivity contribution in [2.45, 2.75) is 0 Å². The van der Waals surface area contributed by atoms with Crippen LogP contribution in [0.15, 0.2) is 53.1 Å². The molecule has 0 spiro atoms. The molecule has 0 N–H and O–H groups in total. The summed E-state index contributed by atoms with van der Waals surface area (Å²) in [5, 5.41) is 0.578. The van der Waals surface area contributed by atoms with Crippen LogP contribution in [0.25, 0.3) is 6.08 Å². The smallest absolute Gasteiger partial charge is 0.228 e. The van der Waals surface area contributed by atoms with Crippen LogP contribution < -0.4 is 4.74 Å². The fourth-order valence-corrected chi connectivity index (χ4v) is 2.14. The molecule has 0 saturated heterocycles. The molecule has 2 aromatic rings. The summed E-state index contributed by atoms with van der Waals surface area (Å²) in [6.45, 7) is 0.460. The van der Waals surface area contributed by atoms with Crippen molar-refractivity contribution < 1.29 is 4.74 Å². The average Bonchev–Trinajstić information content (AvgIpc) is 2.38. The van der Waals surface area contributed by atoms with Gasteiger partial charge in [-0.1, -0.05) is 48.0 Å². The average molecular weight is 325 g/mol. The lowest BCUT2D eigenvalue weighted by molar-refractivity contribution is 0.346. The number of benzene rings is 1. The lowest BCUT2D eigenvalue weighted by atomic mass is 10.2. The summed E-state index contributed by atoms with van der Waals surface area (Å²) in [5.41, 5.74) is 1.14. The van der Waals surface area contributed by atoms with Crippen LogP contribution in [0.5, 0.6) is 5.88 Å². The molecule has 18 heavy (non-hydrogen) atoms. The maximum Gasteiger partial charge on any atom is 0.228 e. The topological polar surface area (TPSA) is 22.1 Å². The van der Waals surface area contributed by atoms with Gasteiger partial charge in [-0.25, -0.2) is 4.98 Å². The molecule has 1 heterocycles. The van der Waals surface area contributed by atoms with Crippen molar-refractivity contribution in [3.63, 3.8) is 0 Å². The lowest BCUT2D eigenvalue weighted by Gasteiger charge is -2.04. The van der Waals surface area contributed by atoms with Crippen LogP contribution in [0.1, 0.15) is 5.56 Å². The summed E-state index contributed by atoms with van der Waals surface area (Å²) in [7, 11) is 0. The number of halogens is 2. The summed E-state index contributed by atoms with van der Waals surface area (Å²) in [5.74, 6) is 0.539. The number of nitrogens with zero attached hydrogens (tertiary/aromatic N) is 1. The Morgan fingerprint density at radius 1 is 1.28 bits per heavy atom. The van der Waals surface area contributed by atoms with Crippen LogP contribution in [0.4, 0.5) is 0 Å². The molecule has 0 fully saturated rings. The second kappa shape index (κ2) is 6.57. The van der Waals surface area contributed by atoms with Crippen molar-refractivity contribution in [1.29, 1.82) is 0 Å². The zero-order chi connectivity index (χ0) is 12.8. The monoisotopic (exact) mass is 323 g/mol. The Hall–Kier alpha value is -1.32. The molecular weight excluding hydrogens is 314 g/mol. The van der Waals surface area contributed by atoms with Crippen LogP contribution in [0.2, 0.25) is 5.02 Å². The number of ether oxygens (including phenoxy) is 1. The summed E-state index contributed by atoms with van der Waals surface area (Å²) < 4.78 is 6.26. The third-order valence-electron chi connectivity index (χ3n) is 2.20. The standard InChI is InChI=1S/C14H11BrClNO/c15-13-9-12(16)10-17-14(13)18-8-4-7-11-5-2-1-3-6-11/h1-7,9-10H,8H2/b7-4+. The largest absolute Gasteiger partial charge is 0.473 e. The number of hydrogen-bond donors (Lipinski definition) is 0. The molecule has 0 radical (unpaired) electrons. The zero-order valence-corrected chi connectivity index (χ0v) is 11.9. The highest BCUT2D eigenvalue weighted by Crippen LogP contribution is 2.24. The number of rotatable bonds is 4. The molecule has 2 nitrogen and oxygen atoms in total. The Morgan fingerprint density at radius 3 is 2.78 bits per heavy atom. The lowest BCUT2D eigenvalue weighted by Crippen LogP contribution is -1.96. The van der Waals surface area contributed by atoms with Gasteiger partial charge in [0.05, 0.1) is 9.50 Å². The summed E-state index contributed by atoms with van der Waals surface area (Å²) in [6, 6.07) is 11.8. The molecule has 0 amide bonds. The molecule has 0 atom stereocenters. The predicted octanol–water partition coefficient (Wildman–Crippen LogP) is 4.59. The van der Waals surface area contributed by atoms with Gasteiger partial charge in [0.2, 0.25) is 5.88 Å². The van der Waals surface area contributed by atoms with Crippen molar-refractivity contribution in [2.24, 2.45) is 0 Å². The van der Waals surface area contributed by atoms with Crippen LogP contribution in [0.3, 0.4) is 0 Å². The highest BCUT2D eigenvalue weighted by atomic mass is 79.9. The Balaban J connectivity index is 1.91. The van der Waals surface area contributed by atoms with Crippen molar-refractivity contribution in [2.75, 3.05) is 6.61 Å². The fourth-order valence-electron chi connectivity index (χ4n) is 1.38. The molecule has 0 aliphatic rings. The van der Waals surface area contributed by atoms with Crippen molar-refractivity contribution in [3.8, 4) is 5.88 Å². The minimum Gasteiger partial charge on any atom is -0.473 e. The molecule has 4 heteroatoms. The van der Waals surface area contributed by atoms with E-state index in [1.807, 2.05) is 42.5 Å². The first-order chi connectivity index (χ1) is 8.75. The third-order valence-corrected chi connectivity index (χ3v) is 2.98. The molecule has 2 rings (SSSR count). The summed E-state index contributed by atoms with van der Waals surface area (Å²) in [6.07, 6.45) is 5.50. The van der Waals surface area contributed by atoms with Crippen molar-refractivity contribution in [3.05, 3.63) is 63.7 Å². The van der Waals surface area contributed by atoms with Crippen LogP contribution in [-0.2, 0) is 0 Å². The van der Waals surface area contributed by atoms with Gasteiger partial charge in [0.25, 0.3) is 0 Å². The maximum absolute atomic E-state index is 5.80. The maximum atomic E-state index is 5.80. The molecule has 0 aliphatic carbocycles. The van der Waals surface area contributed by atoms with Gasteiger partial charge in [-0.2, -0.15) is 0 Å². The Kier molecular flexibility index (Phi) is 4.79. The normalized spacial score (nSPS) is 10.8. The van der Waals surface area contributed by atoms with Crippen LogP contribution >= 0.6 is 27.5 Å².